The van der Waals surface area contributed by atoms with E-state index in [4.69, 9.17) is 0 Å². The van der Waals surface area contributed by atoms with E-state index in [9.17, 15) is 5.11 Å². The molecule has 0 saturated heterocycles. The van der Waals surface area contributed by atoms with Gasteiger partial charge in [-0.2, -0.15) is 0 Å². The summed E-state index contributed by atoms with van der Waals surface area (Å²) in [7, 11) is 0. The molecular formula is C17H23NOS. The summed E-state index contributed by atoms with van der Waals surface area (Å²) in [6.45, 7) is 3.47. The van der Waals surface area contributed by atoms with E-state index >= 15 is 0 Å². The van der Waals surface area contributed by atoms with E-state index in [1.54, 1.807) is 0 Å². The molecule has 0 bridgehead atoms. The molecule has 1 aliphatic carbocycles. The maximum atomic E-state index is 9.68. The molecule has 1 heterocycles. The fraction of sp³-hybridized carbons (Fsp3) is 0.529. The van der Waals surface area contributed by atoms with E-state index in [2.05, 4.69) is 42.6 Å². The molecule has 1 aromatic carbocycles. The minimum Gasteiger partial charge on any atom is -0.396 e. The molecular weight excluding hydrogens is 266 g/mol. The van der Waals surface area contributed by atoms with Crippen molar-refractivity contribution in [1.29, 1.82) is 0 Å². The molecule has 2 aromatic rings. The minimum absolute atomic E-state index is 0.130. The molecule has 0 aliphatic heterocycles. The van der Waals surface area contributed by atoms with E-state index in [-0.39, 0.29) is 5.41 Å². The molecule has 1 aliphatic rings. The standard InChI is InChI=1S/C17H23NOS/c1-13(18-11-17(12-19)8-4-5-9-17)16-10-14-6-2-3-7-15(14)20-16/h2-3,6-7,10,13,18-19H,4-5,8-9,11-12H2,1H3. The number of aliphatic hydroxyl groups is 1. The third kappa shape index (κ3) is 2.76. The first-order chi connectivity index (χ1) is 9.72. The third-order valence-corrected chi connectivity index (χ3v) is 5.95. The summed E-state index contributed by atoms with van der Waals surface area (Å²) in [5, 5.41) is 14.7. The molecule has 1 fully saturated rings. The molecule has 20 heavy (non-hydrogen) atoms. The van der Waals surface area contributed by atoms with Crippen molar-refractivity contribution in [1.82, 2.24) is 5.32 Å². The van der Waals surface area contributed by atoms with Gasteiger partial charge in [0.2, 0.25) is 0 Å². The van der Waals surface area contributed by atoms with Crippen LogP contribution in [-0.4, -0.2) is 18.3 Å². The topological polar surface area (TPSA) is 32.3 Å². The van der Waals surface area contributed by atoms with Crippen LogP contribution < -0.4 is 5.32 Å². The Morgan fingerprint density at radius 3 is 2.75 bits per heavy atom. The third-order valence-electron chi connectivity index (χ3n) is 4.65. The lowest BCUT2D eigenvalue weighted by molar-refractivity contribution is 0.125. The Morgan fingerprint density at radius 1 is 1.30 bits per heavy atom. The Kier molecular flexibility index (Phi) is 4.11. The number of fused-ring (bicyclic) bond motifs is 1. The van der Waals surface area contributed by atoms with Gasteiger partial charge in [0.25, 0.3) is 0 Å². The van der Waals surface area contributed by atoms with Crippen LogP contribution in [0.25, 0.3) is 10.1 Å². The molecule has 108 valence electrons. The summed E-state index contributed by atoms with van der Waals surface area (Å²) in [5.41, 5.74) is 0.130. The smallest absolute Gasteiger partial charge is 0.0499 e. The van der Waals surface area contributed by atoms with Crippen LogP contribution in [0.2, 0.25) is 0 Å². The second-order valence-electron chi connectivity index (χ2n) is 6.15. The van der Waals surface area contributed by atoms with Crippen molar-refractivity contribution in [2.75, 3.05) is 13.2 Å². The SMILES string of the molecule is CC(NCC1(CO)CCCC1)c1cc2ccccc2s1. The second kappa shape index (κ2) is 5.84. The molecule has 0 amide bonds. The number of rotatable bonds is 5. The highest BCUT2D eigenvalue weighted by atomic mass is 32.1. The minimum atomic E-state index is 0.130. The summed E-state index contributed by atoms with van der Waals surface area (Å²) in [6, 6.07) is 11.2. The van der Waals surface area contributed by atoms with Crippen LogP contribution in [0.4, 0.5) is 0 Å². The number of thiophene rings is 1. The number of nitrogens with one attached hydrogen (secondary N) is 1. The Labute approximate surface area is 124 Å². The van der Waals surface area contributed by atoms with Crippen molar-refractivity contribution >= 4 is 21.4 Å². The lowest BCUT2D eigenvalue weighted by atomic mass is 9.87. The fourth-order valence-corrected chi connectivity index (χ4v) is 4.29. The average Bonchev–Trinajstić information content (AvgIpc) is 3.12. The number of aliphatic hydroxyl groups excluding tert-OH is 1. The predicted molar refractivity (Wildman–Crippen MR) is 86.2 cm³/mol. The summed E-state index contributed by atoms with van der Waals surface area (Å²) >= 11 is 1.87. The van der Waals surface area contributed by atoms with Crippen molar-refractivity contribution in [2.24, 2.45) is 5.41 Å². The summed E-state index contributed by atoms with van der Waals surface area (Å²) in [6.07, 6.45) is 4.85. The zero-order valence-electron chi connectivity index (χ0n) is 12.1. The van der Waals surface area contributed by atoms with Gasteiger partial charge in [0, 0.05) is 34.2 Å². The van der Waals surface area contributed by atoms with Gasteiger partial charge in [-0.25, -0.2) is 0 Å². The van der Waals surface area contributed by atoms with Crippen LogP contribution in [0.1, 0.15) is 43.5 Å². The van der Waals surface area contributed by atoms with Gasteiger partial charge in [0.1, 0.15) is 0 Å². The van der Waals surface area contributed by atoms with Gasteiger partial charge in [-0.1, -0.05) is 31.0 Å². The maximum Gasteiger partial charge on any atom is 0.0499 e. The highest BCUT2D eigenvalue weighted by Gasteiger charge is 2.33. The Bertz CT molecular complexity index is 538. The van der Waals surface area contributed by atoms with E-state index in [1.165, 1.54) is 27.8 Å². The zero-order valence-corrected chi connectivity index (χ0v) is 12.9. The molecule has 1 atom stereocenters. The molecule has 2 N–H and O–H groups in total. The molecule has 1 unspecified atom stereocenters. The first-order valence-corrected chi connectivity index (χ1v) is 8.37. The highest BCUT2D eigenvalue weighted by Crippen LogP contribution is 2.38. The maximum absolute atomic E-state index is 9.68. The van der Waals surface area contributed by atoms with Crippen LogP contribution in [0.5, 0.6) is 0 Å². The normalized spacial score (nSPS) is 19.5. The van der Waals surface area contributed by atoms with Gasteiger partial charge in [-0.05, 0) is 37.3 Å². The first-order valence-electron chi connectivity index (χ1n) is 7.55. The molecule has 0 radical (unpaired) electrons. The summed E-state index contributed by atoms with van der Waals surface area (Å²) in [4.78, 5) is 1.39. The van der Waals surface area contributed by atoms with Gasteiger partial charge in [0.05, 0.1) is 0 Å². The number of benzene rings is 1. The Morgan fingerprint density at radius 2 is 2.05 bits per heavy atom. The predicted octanol–water partition coefficient (Wildman–Crippen LogP) is 4.10. The van der Waals surface area contributed by atoms with E-state index in [1.807, 2.05) is 11.3 Å². The van der Waals surface area contributed by atoms with Gasteiger partial charge < -0.3 is 10.4 Å². The van der Waals surface area contributed by atoms with Gasteiger partial charge in [-0.15, -0.1) is 11.3 Å². The Hall–Kier alpha value is -0.900. The van der Waals surface area contributed by atoms with Crippen LogP contribution >= 0.6 is 11.3 Å². The summed E-state index contributed by atoms with van der Waals surface area (Å²) < 4.78 is 1.36. The van der Waals surface area contributed by atoms with E-state index in [0.717, 1.165) is 19.4 Å². The van der Waals surface area contributed by atoms with Crippen molar-refractivity contribution in [2.45, 2.75) is 38.6 Å². The van der Waals surface area contributed by atoms with Gasteiger partial charge in [-0.3, -0.25) is 0 Å². The molecule has 1 saturated carbocycles. The second-order valence-corrected chi connectivity index (χ2v) is 7.27. The van der Waals surface area contributed by atoms with E-state index in [0.29, 0.717) is 12.6 Å². The van der Waals surface area contributed by atoms with Crippen LogP contribution in [0.3, 0.4) is 0 Å². The lowest BCUT2D eigenvalue weighted by Crippen LogP contribution is -2.36. The first kappa shape index (κ1) is 14.1. The zero-order chi connectivity index (χ0) is 14.0. The van der Waals surface area contributed by atoms with Gasteiger partial charge >= 0.3 is 0 Å². The largest absolute Gasteiger partial charge is 0.396 e. The molecule has 0 spiro atoms. The van der Waals surface area contributed by atoms with Crippen LogP contribution in [0, 0.1) is 5.41 Å². The lowest BCUT2D eigenvalue weighted by Gasteiger charge is -2.28. The van der Waals surface area contributed by atoms with Crippen LogP contribution in [0.15, 0.2) is 30.3 Å². The number of hydrogen-bond donors (Lipinski definition) is 2. The van der Waals surface area contributed by atoms with Crippen molar-refractivity contribution < 1.29 is 5.11 Å². The molecule has 1 aromatic heterocycles. The van der Waals surface area contributed by atoms with Crippen LogP contribution in [-0.2, 0) is 0 Å². The van der Waals surface area contributed by atoms with Crippen molar-refractivity contribution in [3.63, 3.8) is 0 Å². The van der Waals surface area contributed by atoms with Crippen molar-refractivity contribution in [3.8, 4) is 0 Å². The quantitative estimate of drug-likeness (QED) is 0.868. The number of hydrogen-bond acceptors (Lipinski definition) is 3. The molecule has 3 rings (SSSR count). The molecule has 2 nitrogen and oxygen atoms in total. The fourth-order valence-electron chi connectivity index (χ4n) is 3.20. The summed E-state index contributed by atoms with van der Waals surface area (Å²) in [5.74, 6) is 0. The van der Waals surface area contributed by atoms with Crippen molar-refractivity contribution in [3.05, 3.63) is 35.2 Å². The average molecular weight is 289 g/mol. The monoisotopic (exact) mass is 289 g/mol. The van der Waals surface area contributed by atoms with E-state index < -0.39 is 0 Å². The molecule has 3 heteroatoms. The van der Waals surface area contributed by atoms with Gasteiger partial charge in [0.15, 0.2) is 0 Å². The highest BCUT2D eigenvalue weighted by molar-refractivity contribution is 7.19. The Balaban J connectivity index is 1.68.